The summed E-state index contributed by atoms with van der Waals surface area (Å²) in [5.74, 6) is 0.000972. The van der Waals surface area contributed by atoms with Crippen molar-refractivity contribution in [1.82, 2.24) is 20.4 Å². The maximum atomic E-state index is 12.3. The van der Waals surface area contributed by atoms with Gasteiger partial charge in [0.2, 0.25) is 0 Å². The van der Waals surface area contributed by atoms with Gasteiger partial charge in [-0.3, -0.25) is 9.48 Å². The topological polar surface area (TPSA) is 59.0 Å². The van der Waals surface area contributed by atoms with Crippen LogP contribution < -0.4 is 10.6 Å². The Bertz CT molecular complexity index is 453. The minimum atomic E-state index is -0.0984. The molecule has 1 aromatic heterocycles. The summed E-state index contributed by atoms with van der Waals surface area (Å²) in [5.41, 5.74) is 1.62. The second-order valence-corrected chi connectivity index (χ2v) is 6.10. The van der Waals surface area contributed by atoms with Crippen LogP contribution in [0.4, 0.5) is 0 Å². The van der Waals surface area contributed by atoms with Gasteiger partial charge in [0.15, 0.2) is 0 Å². The quantitative estimate of drug-likeness (QED) is 0.865. The van der Waals surface area contributed by atoms with Crippen molar-refractivity contribution in [2.24, 2.45) is 0 Å². The molecule has 1 aliphatic heterocycles. The Morgan fingerprint density at radius 1 is 1.58 bits per heavy atom. The van der Waals surface area contributed by atoms with Gasteiger partial charge in [0.05, 0.1) is 23.0 Å². The van der Waals surface area contributed by atoms with Crippen LogP contribution in [0.3, 0.4) is 0 Å². The molecule has 1 aliphatic rings. The average Bonchev–Trinajstić information content (AvgIpc) is 2.94. The molecule has 1 amide bonds. The molecular formula is C14H24N4O. The van der Waals surface area contributed by atoms with E-state index in [0.717, 1.165) is 31.6 Å². The molecule has 1 fully saturated rings. The number of aromatic nitrogens is 2. The highest BCUT2D eigenvalue weighted by atomic mass is 16.1. The molecule has 1 aromatic rings. The van der Waals surface area contributed by atoms with Crippen molar-refractivity contribution in [3.05, 3.63) is 17.5 Å². The Hall–Kier alpha value is -1.36. The van der Waals surface area contributed by atoms with Crippen LogP contribution in [0.15, 0.2) is 6.20 Å². The van der Waals surface area contributed by atoms with E-state index in [-0.39, 0.29) is 17.5 Å². The van der Waals surface area contributed by atoms with Gasteiger partial charge in [0, 0.05) is 12.6 Å². The molecule has 1 saturated heterocycles. The van der Waals surface area contributed by atoms with Crippen molar-refractivity contribution in [3.63, 3.8) is 0 Å². The Morgan fingerprint density at radius 3 is 2.84 bits per heavy atom. The highest BCUT2D eigenvalue weighted by Gasteiger charge is 2.25. The lowest BCUT2D eigenvalue weighted by Crippen LogP contribution is -2.36. The molecule has 0 aliphatic carbocycles. The first-order valence-electron chi connectivity index (χ1n) is 7.02. The zero-order valence-corrected chi connectivity index (χ0v) is 12.3. The maximum Gasteiger partial charge on any atom is 0.255 e. The average molecular weight is 264 g/mol. The first-order chi connectivity index (χ1) is 8.93. The third-order valence-electron chi connectivity index (χ3n) is 3.48. The van der Waals surface area contributed by atoms with Crippen molar-refractivity contribution < 1.29 is 4.79 Å². The second kappa shape index (κ2) is 5.33. The van der Waals surface area contributed by atoms with Gasteiger partial charge in [-0.15, -0.1) is 0 Å². The van der Waals surface area contributed by atoms with E-state index in [1.54, 1.807) is 6.20 Å². The van der Waals surface area contributed by atoms with Crippen LogP contribution in [0.5, 0.6) is 0 Å². The van der Waals surface area contributed by atoms with Crippen LogP contribution in [-0.2, 0) is 12.0 Å². The molecule has 0 bridgehead atoms. The summed E-state index contributed by atoms with van der Waals surface area (Å²) in [6.07, 6.45) is 3.51. The number of hydrogen-bond donors (Lipinski definition) is 2. The maximum absolute atomic E-state index is 12.3. The van der Waals surface area contributed by atoms with E-state index in [9.17, 15) is 4.79 Å². The third kappa shape index (κ3) is 2.97. The van der Waals surface area contributed by atoms with Crippen LogP contribution in [-0.4, -0.2) is 34.8 Å². The van der Waals surface area contributed by atoms with Gasteiger partial charge in [0.25, 0.3) is 5.91 Å². The van der Waals surface area contributed by atoms with Gasteiger partial charge in [-0.1, -0.05) is 6.92 Å². The first-order valence-corrected chi connectivity index (χ1v) is 7.02. The largest absolute Gasteiger partial charge is 0.348 e. The summed E-state index contributed by atoms with van der Waals surface area (Å²) >= 11 is 0. The smallest absolute Gasteiger partial charge is 0.255 e. The minimum absolute atomic E-state index is 0.000972. The summed E-state index contributed by atoms with van der Waals surface area (Å²) < 4.78 is 1.95. The summed E-state index contributed by atoms with van der Waals surface area (Å²) in [6.45, 7) is 10.2. The van der Waals surface area contributed by atoms with E-state index in [0.29, 0.717) is 5.56 Å². The minimum Gasteiger partial charge on any atom is -0.348 e. The standard InChI is InChI=1S/C14H24N4O/c1-5-12-11(9-16-18(12)14(2,3)4)13(19)17-10-6-7-15-8-10/h9-10,15H,5-8H2,1-4H3,(H,17,19). The van der Waals surface area contributed by atoms with E-state index >= 15 is 0 Å². The monoisotopic (exact) mass is 264 g/mol. The van der Waals surface area contributed by atoms with Gasteiger partial charge in [-0.05, 0) is 40.2 Å². The van der Waals surface area contributed by atoms with Crippen molar-refractivity contribution >= 4 is 5.91 Å². The number of carbonyl (C=O) groups excluding carboxylic acids is 1. The summed E-state index contributed by atoms with van der Waals surface area (Å²) in [6, 6.07) is 0.246. The van der Waals surface area contributed by atoms with Crippen LogP contribution in [0.2, 0.25) is 0 Å². The lowest BCUT2D eigenvalue weighted by Gasteiger charge is -2.22. The molecule has 0 saturated carbocycles. The molecule has 0 radical (unpaired) electrons. The van der Waals surface area contributed by atoms with Gasteiger partial charge in [-0.2, -0.15) is 5.10 Å². The Balaban J connectivity index is 2.19. The molecule has 5 heteroatoms. The number of amides is 1. The molecule has 19 heavy (non-hydrogen) atoms. The van der Waals surface area contributed by atoms with E-state index in [1.807, 2.05) is 4.68 Å². The molecular weight excluding hydrogens is 240 g/mol. The molecule has 5 nitrogen and oxygen atoms in total. The van der Waals surface area contributed by atoms with E-state index < -0.39 is 0 Å². The molecule has 2 heterocycles. The van der Waals surface area contributed by atoms with Crippen molar-refractivity contribution in [1.29, 1.82) is 0 Å². The zero-order chi connectivity index (χ0) is 14.0. The Morgan fingerprint density at radius 2 is 2.32 bits per heavy atom. The Labute approximate surface area is 114 Å². The number of nitrogens with zero attached hydrogens (tertiary/aromatic N) is 2. The highest BCUT2D eigenvalue weighted by Crippen LogP contribution is 2.19. The summed E-state index contributed by atoms with van der Waals surface area (Å²) in [5, 5.41) is 10.7. The van der Waals surface area contributed by atoms with E-state index in [1.165, 1.54) is 0 Å². The van der Waals surface area contributed by atoms with E-state index in [4.69, 9.17) is 0 Å². The predicted octanol–water partition coefficient (Wildman–Crippen LogP) is 1.29. The van der Waals surface area contributed by atoms with Crippen molar-refractivity contribution in [2.75, 3.05) is 13.1 Å². The van der Waals surface area contributed by atoms with E-state index in [2.05, 4.69) is 43.4 Å². The van der Waals surface area contributed by atoms with Crippen LogP contribution in [0.1, 0.15) is 50.2 Å². The number of hydrogen-bond acceptors (Lipinski definition) is 3. The molecule has 1 unspecified atom stereocenters. The second-order valence-electron chi connectivity index (χ2n) is 6.10. The van der Waals surface area contributed by atoms with Gasteiger partial charge in [-0.25, -0.2) is 0 Å². The predicted molar refractivity (Wildman–Crippen MR) is 75.3 cm³/mol. The van der Waals surface area contributed by atoms with Crippen LogP contribution in [0, 0.1) is 0 Å². The lowest BCUT2D eigenvalue weighted by molar-refractivity contribution is 0.0939. The highest BCUT2D eigenvalue weighted by molar-refractivity contribution is 5.95. The lowest BCUT2D eigenvalue weighted by atomic mass is 10.1. The fraction of sp³-hybridized carbons (Fsp3) is 0.714. The number of rotatable bonds is 3. The zero-order valence-electron chi connectivity index (χ0n) is 12.3. The molecule has 106 valence electrons. The fourth-order valence-corrected chi connectivity index (χ4v) is 2.52. The number of carbonyl (C=O) groups is 1. The fourth-order valence-electron chi connectivity index (χ4n) is 2.52. The Kier molecular flexibility index (Phi) is 3.94. The molecule has 0 spiro atoms. The number of nitrogens with one attached hydrogen (secondary N) is 2. The van der Waals surface area contributed by atoms with Gasteiger partial charge in [0.1, 0.15) is 0 Å². The van der Waals surface area contributed by atoms with Crippen molar-refractivity contribution in [3.8, 4) is 0 Å². The normalized spacial score (nSPS) is 19.7. The van der Waals surface area contributed by atoms with Crippen LogP contribution >= 0.6 is 0 Å². The summed E-state index contributed by atoms with van der Waals surface area (Å²) in [4.78, 5) is 12.3. The van der Waals surface area contributed by atoms with Gasteiger partial charge >= 0.3 is 0 Å². The van der Waals surface area contributed by atoms with Crippen molar-refractivity contribution in [2.45, 2.75) is 52.1 Å². The van der Waals surface area contributed by atoms with Gasteiger partial charge < -0.3 is 10.6 Å². The SMILES string of the molecule is CCc1c(C(=O)NC2CCNC2)cnn1C(C)(C)C. The summed E-state index contributed by atoms with van der Waals surface area (Å²) in [7, 11) is 0. The first kappa shape index (κ1) is 14.1. The molecule has 0 aromatic carbocycles. The van der Waals surface area contributed by atoms with Crippen LogP contribution in [0.25, 0.3) is 0 Å². The third-order valence-corrected chi connectivity index (χ3v) is 3.48. The molecule has 2 rings (SSSR count). The molecule has 1 atom stereocenters. The molecule has 2 N–H and O–H groups in total.